The molecule has 0 spiro atoms. The van der Waals surface area contributed by atoms with Gasteiger partial charge in [-0.2, -0.15) is 0 Å². The smallest absolute Gasteiger partial charge is 0.0820 e. The average molecular weight is 186 g/mol. The van der Waals surface area contributed by atoms with Crippen molar-refractivity contribution in [3.05, 3.63) is 0 Å². The van der Waals surface area contributed by atoms with Gasteiger partial charge in [0.25, 0.3) is 0 Å². The first kappa shape index (κ1) is 11.0. The molecule has 0 aromatic rings. The van der Waals surface area contributed by atoms with Gasteiger partial charge in [-0.1, -0.05) is 6.42 Å². The topological polar surface area (TPSA) is 38.5 Å². The average Bonchev–Trinajstić information content (AvgIpc) is 2.17. The molecule has 2 N–H and O–H groups in total. The van der Waals surface area contributed by atoms with E-state index in [-0.39, 0.29) is 6.10 Å². The summed E-state index contributed by atoms with van der Waals surface area (Å²) in [5.74, 6) is 0. The monoisotopic (exact) mass is 186 g/mol. The van der Waals surface area contributed by atoms with Crippen LogP contribution in [0.2, 0.25) is 0 Å². The van der Waals surface area contributed by atoms with Crippen molar-refractivity contribution in [3.63, 3.8) is 0 Å². The van der Waals surface area contributed by atoms with Crippen molar-refractivity contribution in [1.82, 2.24) is 4.90 Å². The number of likely N-dealkylation sites (tertiary alicyclic amines) is 1. The molecule has 13 heavy (non-hydrogen) atoms. The van der Waals surface area contributed by atoms with Crippen LogP contribution in [0.5, 0.6) is 0 Å². The summed E-state index contributed by atoms with van der Waals surface area (Å²) in [5, 5.41) is 0. The van der Waals surface area contributed by atoms with Gasteiger partial charge in [-0.05, 0) is 26.3 Å². The summed E-state index contributed by atoms with van der Waals surface area (Å²) in [4.78, 5) is 2.49. The van der Waals surface area contributed by atoms with Crippen molar-refractivity contribution in [1.29, 1.82) is 0 Å². The van der Waals surface area contributed by atoms with E-state index < -0.39 is 0 Å². The molecule has 1 aliphatic heterocycles. The van der Waals surface area contributed by atoms with Crippen LogP contribution in [0.25, 0.3) is 0 Å². The summed E-state index contributed by atoms with van der Waals surface area (Å²) in [6, 6.07) is 0.706. The number of rotatable bonds is 4. The second kappa shape index (κ2) is 5.58. The molecule has 2 atom stereocenters. The lowest BCUT2D eigenvalue weighted by Gasteiger charge is -2.35. The molecule has 3 heteroatoms. The SMILES string of the molecule is COC(CN)CN1CCCCC1C. The predicted molar refractivity (Wildman–Crippen MR) is 54.7 cm³/mol. The van der Waals surface area contributed by atoms with E-state index in [1.54, 1.807) is 7.11 Å². The normalized spacial score (nSPS) is 27.5. The maximum atomic E-state index is 5.59. The van der Waals surface area contributed by atoms with E-state index in [2.05, 4.69) is 11.8 Å². The maximum Gasteiger partial charge on any atom is 0.0820 e. The Bertz CT molecular complexity index is 137. The number of ether oxygens (including phenoxy) is 1. The Morgan fingerprint density at radius 3 is 2.85 bits per heavy atom. The van der Waals surface area contributed by atoms with Crippen molar-refractivity contribution in [2.45, 2.75) is 38.3 Å². The molecule has 1 rings (SSSR count). The van der Waals surface area contributed by atoms with E-state index >= 15 is 0 Å². The van der Waals surface area contributed by atoms with Crippen molar-refractivity contribution < 1.29 is 4.74 Å². The molecule has 0 aromatic heterocycles. The molecular weight excluding hydrogens is 164 g/mol. The summed E-state index contributed by atoms with van der Waals surface area (Å²) in [6.07, 6.45) is 4.23. The first-order valence-corrected chi connectivity index (χ1v) is 5.24. The third-order valence-electron chi connectivity index (χ3n) is 2.97. The van der Waals surface area contributed by atoms with Crippen LogP contribution in [0.1, 0.15) is 26.2 Å². The molecule has 1 heterocycles. The molecule has 0 aliphatic carbocycles. The molecule has 1 aliphatic rings. The molecule has 2 unspecified atom stereocenters. The van der Waals surface area contributed by atoms with Crippen molar-refractivity contribution in [2.24, 2.45) is 5.73 Å². The minimum absolute atomic E-state index is 0.209. The lowest BCUT2D eigenvalue weighted by Crippen LogP contribution is -2.44. The van der Waals surface area contributed by atoms with Crippen LogP contribution < -0.4 is 5.73 Å². The van der Waals surface area contributed by atoms with Crippen molar-refractivity contribution >= 4 is 0 Å². The van der Waals surface area contributed by atoms with Crippen LogP contribution >= 0.6 is 0 Å². The number of nitrogens with two attached hydrogens (primary N) is 1. The van der Waals surface area contributed by atoms with Crippen LogP contribution in [0.3, 0.4) is 0 Å². The van der Waals surface area contributed by atoms with Crippen molar-refractivity contribution in [3.8, 4) is 0 Å². The Balaban J connectivity index is 2.32. The Morgan fingerprint density at radius 2 is 2.31 bits per heavy atom. The number of hydrogen-bond donors (Lipinski definition) is 1. The van der Waals surface area contributed by atoms with E-state index in [0.29, 0.717) is 12.6 Å². The number of hydrogen-bond acceptors (Lipinski definition) is 3. The zero-order chi connectivity index (χ0) is 9.68. The van der Waals surface area contributed by atoms with Gasteiger partial charge in [0.1, 0.15) is 0 Å². The lowest BCUT2D eigenvalue weighted by molar-refractivity contribution is 0.0451. The largest absolute Gasteiger partial charge is 0.379 e. The molecule has 1 fully saturated rings. The summed E-state index contributed by atoms with van der Waals surface area (Å²) in [7, 11) is 1.74. The fourth-order valence-corrected chi connectivity index (χ4v) is 1.94. The molecule has 1 saturated heterocycles. The van der Waals surface area contributed by atoms with E-state index in [1.807, 2.05) is 0 Å². The standard InChI is InChI=1S/C10H22N2O/c1-9-5-3-4-6-12(9)8-10(7-11)13-2/h9-10H,3-8,11H2,1-2H3. The Hall–Kier alpha value is -0.120. The van der Waals surface area contributed by atoms with Crippen LogP contribution in [0.15, 0.2) is 0 Å². The molecule has 0 aromatic carbocycles. The van der Waals surface area contributed by atoms with Gasteiger partial charge in [0.2, 0.25) is 0 Å². The number of piperidine rings is 1. The van der Waals surface area contributed by atoms with Crippen LogP contribution in [-0.4, -0.2) is 43.8 Å². The molecule has 0 radical (unpaired) electrons. The fraction of sp³-hybridized carbons (Fsp3) is 1.00. The Kier molecular flexibility index (Phi) is 4.70. The highest BCUT2D eigenvalue weighted by molar-refractivity contribution is 4.76. The summed E-state index contributed by atoms with van der Waals surface area (Å²) in [6.45, 7) is 5.12. The second-order valence-corrected chi connectivity index (χ2v) is 3.93. The third-order valence-corrected chi connectivity index (χ3v) is 2.97. The molecule has 3 nitrogen and oxygen atoms in total. The predicted octanol–water partition coefficient (Wildman–Crippen LogP) is 0.834. The summed E-state index contributed by atoms with van der Waals surface area (Å²) >= 11 is 0. The van der Waals surface area contributed by atoms with Gasteiger partial charge in [0.15, 0.2) is 0 Å². The van der Waals surface area contributed by atoms with Gasteiger partial charge >= 0.3 is 0 Å². The summed E-state index contributed by atoms with van der Waals surface area (Å²) < 4.78 is 5.28. The zero-order valence-electron chi connectivity index (χ0n) is 8.83. The van der Waals surface area contributed by atoms with Gasteiger partial charge in [0.05, 0.1) is 6.10 Å². The third kappa shape index (κ3) is 3.25. The zero-order valence-corrected chi connectivity index (χ0v) is 8.83. The van der Waals surface area contributed by atoms with E-state index in [1.165, 1.54) is 25.8 Å². The van der Waals surface area contributed by atoms with E-state index in [9.17, 15) is 0 Å². The molecule has 0 saturated carbocycles. The van der Waals surface area contributed by atoms with E-state index in [0.717, 1.165) is 6.54 Å². The van der Waals surface area contributed by atoms with Gasteiger partial charge < -0.3 is 10.5 Å². The first-order valence-electron chi connectivity index (χ1n) is 5.24. The van der Waals surface area contributed by atoms with Crippen LogP contribution in [-0.2, 0) is 4.74 Å². The molecular formula is C10H22N2O. The number of nitrogens with zero attached hydrogens (tertiary/aromatic N) is 1. The Morgan fingerprint density at radius 1 is 1.54 bits per heavy atom. The lowest BCUT2D eigenvalue weighted by atomic mass is 10.0. The summed E-state index contributed by atoms with van der Waals surface area (Å²) in [5.41, 5.74) is 5.59. The fourth-order valence-electron chi connectivity index (χ4n) is 1.94. The van der Waals surface area contributed by atoms with Gasteiger partial charge in [0, 0.05) is 26.2 Å². The van der Waals surface area contributed by atoms with Crippen LogP contribution in [0, 0.1) is 0 Å². The minimum Gasteiger partial charge on any atom is -0.379 e. The first-order chi connectivity index (χ1) is 6.27. The van der Waals surface area contributed by atoms with Crippen molar-refractivity contribution in [2.75, 3.05) is 26.7 Å². The number of methoxy groups -OCH3 is 1. The van der Waals surface area contributed by atoms with Gasteiger partial charge in [-0.15, -0.1) is 0 Å². The van der Waals surface area contributed by atoms with Gasteiger partial charge in [-0.25, -0.2) is 0 Å². The van der Waals surface area contributed by atoms with E-state index in [4.69, 9.17) is 10.5 Å². The highest BCUT2D eigenvalue weighted by atomic mass is 16.5. The molecule has 0 bridgehead atoms. The minimum atomic E-state index is 0.209. The highest BCUT2D eigenvalue weighted by Crippen LogP contribution is 2.16. The Labute approximate surface area is 81.2 Å². The molecule has 78 valence electrons. The van der Waals surface area contributed by atoms with Gasteiger partial charge in [-0.3, -0.25) is 4.90 Å². The van der Waals surface area contributed by atoms with Crippen LogP contribution in [0.4, 0.5) is 0 Å². The maximum absolute atomic E-state index is 5.59. The highest BCUT2D eigenvalue weighted by Gasteiger charge is 2.20. The second-order valence-electron chi connectivity index (χ2n) is 3.93. The quantitative estimate of drug-likeness (QED) is 0.707. The molecule has 0 amide bonds.